The second-order valence-electron chi connectivity index (χ2n) is 6.47. The van der Waals surface area contributed by atoms with Gasteiger partial charge in [-0.3, -0.25) is 0 Å². The van der Waals surface area contributed by atoms with E-state index in [1.807, 2.05) is 0 Å². The van der Waals surface area contributed by atoms with Gasteiger partial charge in [-0.05, 0) is 59.1 Å². The molecule has 102 valence electrons. The van der Waals surface area contributed by atoms with E-state index in [4.69, 9.17) is 0 Å². The summed E-state index contributed by atoms with van der Waals surface area (Å²) in [7, 11) is 0. The molecule has 0 heterocycles. The van der Waals surface area contributed by atoms with E-state index in [1.54, 1.807) is 22.3 Å². The molecular weight excluding hydrogens is 252 g/mol. The van der Waals surface area contributed by atoms with Crippen LogP contribution < -0.4 is 0 Å². The van der Waals surface area contributed by atoms with Crippen LogP contribution in [0, 0.1) is 0 Å². The molecule has 0 aliphatic heterocycles. The lowest BCUT2D eigenvalue weighted by molar-refractivity contribution is 0.672. The fourth-order valence-electron chi connectivity index (χ4n) is 4.52. The number of allylic oxidation sites excluding steroid dienone is 4. The molecule has 2 aromatic carbocycles. The Morgan fingerprint density at radius 2 is 1.57 bits per heavy atom. The van der Waals surface area contributed by atoms with Crippen molar-refractivity contribution in [2.45, 2.75) is 31.6 Å². The maximum atomic E-state index is 2.48. The van der Waals surface area contributed by atoms with Crippen molar-refractivity contribution in [3.05, 3.63) is 88.0 Å². The highest BCUT2D eigenvalue weighted by atomic mass is 14.4. The largest absolute Gasteiger partial charge is 0.0763 e. The van der Waals surface area contributed by atoms with Crippen LogP contribution in [0.1, 0.15) is 41.0 Å². The van der Waals surface area contributed by atoms with Crippen LogP contribution in [-0.4, -0.2) is 0 Å². The molecule has 0 fully saturated rings. The highest BCUT2D eigenvalue weighted by Gasteiger charge is 2.34. The van der Waals surface area contributed by atoms with Gasteiger partial charge < -0.3 is 0 Å². The predicted molar refractivity (Wildman–Crippen MR) is 87.3 cm³/mol. The minimum absolute atomic E-state index is 0.637. The molecule has 0 nitrogen and oxygen atoms in total. The SMILES string of the molecule is C1=C2C3=C(Cc4ccccc42)Cc2ccccc2[C@@H]3CC1. The minimum Gasteiger partial charge on any atom is -0.0763 e. The standard InChI is InChI=1S/C21H18/c1-3-8-17-14(6-1)12-16-13-15-7-2-4-9-18(15)20-11-5-10-19(17)21(16)20/h1-4,6-10,20H,5,11-13H2/t20-/m0/s1. The highest BCUT2D eigenvalue weighted by molar-refractivity contribution is 5.87. The van der Waals surface area contributed by atoms with E-state index in [0.717, 1.165) is 12.8 Å². The smallest absolute Gasteiger partial charge is 0.0101 e. The third-order valence-corrected chi connectivity index (χ3v) is 5.37. The molecule has 0 bridgehead atoms. The first kappa shape index (κ1) is 11.6. The summed E-state index contributed by atoms with van der Waals surface area (Å²) in [6.07, 6.45) is 7.26. The molecular formula is C21H18. The number of rotatable bonds is 0. The van der Waals surface area contributed by atoms with Gasteiger partial charge in [-0.2, -0.15) is 0 Å². The monoisotopic (exact) mass is 270 g/mol. The van der Waals surface area contributed by atoms with Gasteiger partial charge in [-0.15, -0.1) is 0 Å². The Labute approximate surface area is 125 Å². The second kappa shape index (κ2) is 4.21. The summed E-state index contributed by atoms with van der Waals surface area (Å²) >= 11 is 0. The maximum Gasteiger partial charge on any atom is 0.0101 e. The second-order valence-corrected chi connectivity index (χ2v) is 6.47. The molecule has 0 saturated carbocycles. The average Bonchev–Trinajstić information content (AvgIpc) is 2.55. The maximum absolute atomic E-state index is 2.48. The molecule has 1 atom stereocenters. The van der Waals surface area contributed by atoms with Gasteiger partial charge in [-0.1, -0.05) is 60.2 Å². The van der Waals surface area contributed by atoms with Crippen LogP contribution in [0.25, 0.3) is 5.57 Å². The van der Waals surface area contributed by atoms with Crippen molar-refractivity contribution in [3.8, 4) is 0 Å². The Morgan fingerprint density at radius 3 is 2.52 bits per heavy atom. The van der Waals surface area contributed by atoms with E-state index < -0.39 is 0 Å². The van der Waals surface area contributed by atoms with Gasteiger partial charge in [0.15, 0.2) is 0 Å². The molecule has 0 saturated heterocycles. The summed E-state index contributed by atoms with van der Waals surface area (Å²) in [5.74, 6) is 0.637. The number of fused-ring (bicyclic) bond motifs is 4. The van der Waals surface area contributed by atoms with Crippen LogP contribution >= 0.6 is 0 Å². The molecule has 0 heteroatoms. The van der Waals surface area contributed by atoms with Gasteiger partial charge in [0.1, 0.15) is 0 Å². The van der Waals surface area contributed by atoms with Crippen LogP contribution in [0.5, 0.6) is 0 Å². The topological polar surface area (TPSA) is 0 Å². The highest BCUT2D eigenvalue weighted by Crippen LogP contribution is 2.51. The van der Waals surface area contributed by atoms with Crippen LogP contribution in [-0.2, 0) is 12.8 Å². The van der Waals surface area contributed by atoms with E-state index >= 15 is 0 Å². The number of benzene rings is 2. The molecule has 0 radical (unpaired) electrons. The Kier molecular flexibility index (Phi) is 2.32. The summed E-state index contributed by atoms with van der Waals surface area (Å²) < 4.78 is 0. The Hall–Kier alpha value is -2.08. The van der Waals surface area contributed by atoms with Crippen LogP contribution in [0.2, 0.25) is 0 Å². The normalized spacial score (nSPS) is 22.1. The Balaban J connectivity index is 1.75. The summed E-state index contributed by atoms with van der Waals surface area (Å²) in [6, 6.07) is 18.1. The van der Waals surface area contributed by atoms with E-state index in [2.05, 4.69) is 54.6 Å². The van der Waals surface area contributed by atoms with Crippen molar-refractivity contribution in [2.24, 2.45) is 0 Å². The van der Waals surface area contributed by atoms with Crippen LogP contribution in [0.15, 0.2) is 65.8 Å². The summed E-state index contributed by atoms with van der Waals surface area (Å²) in [5, 5.41) is 0. The summed E-state index contributed by atoms with van der Waals surface area (Å²) in [6.45, 7) is 0. The van der Waals surface area contributed by atoms with Gasteiger partial charge >= 0.3 is 0 Å². The van der Waals surface area contributed by atoms with Crippen molar-refractivity contribution < 1.29 is 0 Å². The van der Waals surface area contributed by atoms with Crippen LogP contribution in [0.4, 0.5) is 0 Å². The molecule has 3 aliphatic carbocycles. The fraction of sp³-hybridized carbons (Fsp3) is 0.238. The zero-order chi connectivity index (χ0) is 13.8. The summed E-state index contributed by atoms with van der Waals surface area (Å²) in [5.41, 5.74) is 11.0. The third kappa shape index (κ3) is 1.56. The van der Waals surface area contributed by atoms with Crippen molar-refractivity contribution >= 4 is 5.57 Å². The van der Waals surface area contributed by atoms with Gasteiger partial charge in [0.25, 0.3) is 0 Å². The van der Waals surface area contributed by atoms with E-state index in [1.165, 1.54) is 29.5 Å². The van der Waals surface area contributed by atoms with Gasteiger partial charge in [-0.25, -0.2) is 0 Å². The van der Waals surface area contributed by atoms with Crippen molar-refractivity contribution in [1.29, 1.82) is 0 Å². The van der Waals surface area contributed by atoms with Gasteiger partial charge in [0.05, 0.1) is 0 Å². The molecule has 2 aromatic rings. The Morgan fingerprint density at radius 1 is 0.810 bits per heavy atom. The molecule has 0 aromatic heterocycles. The average molecular weight is 270 g/mol. The van der Waals surface area contributed by atoms with E-state index in [0.29, 0.717) is 5.92 Å². The first-order valence-electron chi connectivity index (χ1n) is 8.00. The first-order chi connectivity index (χ1) is 10.4. The summed E-state index contributed by atoms with van der Waals surface area (Å²) in [4.78, 5) is 0. The number of hydrogen-bond acceptors (Lipinski definition) is 0. The molecule has 3 aliphatic rings. The molecule has 0 spiro atoms. The zero-order valence-electron chi connectivity index (χ0n) is 12.1. The number of hydrogen-bond donors (Lipinski definition) is 0. The van der Waals surface area contributed by atoms with Gasteiger partial charge in [0.2, 0.25) is 0 Å². The van der Waals surface area contributed by atoms with Crippen molar-refractivity contribution in [2.75, 3.05) is 0 Å². The quantitative estimate of drug-likeness (QED) is 0.628. The van der Waals surface area contributed by atoms with Crippen LogP contribution in [0.3, 0.4) is 0 Å². The van der Waals surface area contributed by atoms with E-state index in [-0.39, 0.29) is 0 Å². The Bertz CT molecular complexity index is 800. The first-order valence-corrected chi connectivity index (χ1v) is 8.00. The van der Waals surface area contributed by atoms with Crippen molar-refractivity contribution in [3.63, 3.8) is 0 Å². The lowest BCUT2D eigenvalue weighted by atomic mass is 9.65. The lowest BCUT2D eigenvalue weighted by Gasteiger charge is -2.38. The molecule has 21 heavy (non-hydrogen) atoms. The lowest BCUT2D eigenvalue weighted by Crippen LogP contribution is -2.23. The van der Waals surface area contributed by atoms with E-state index in [9.17, 15) is 0 Å². The van der Waals surface area contributed by atoms with Crippen molar-refractivity contribution in [1.82, 2.24) is 0 Å². The predicted octanol–water partition coefficient (Wildman–Crippen LogP) is 5.06. The van der Waals surface area contributed by atoms with Gasteiger partial charge in [0, 0.05) is 5.92 Å². The third-order valence-electron chi connectivity index (χ3n) is 5.37. The molecule has 0 unspecified atom stereocenters. The fourth-order valence-corrected chi connectivity index (χ4v) is 4.52. The molecule has 0 N–H and O–H groups in total. The zero-order valence-corrected chi connectivity index (χ0v) is 12.1. The molecule has 0 amide bonds. The molecule has 5 rings (SSSR count). The minimum atomic E-state index is 0.637.